The molecule has 186 valence electrons. The van der Waals surface area contributed by atoms with Gasteiger partial charge in [-0.1, -0.05) is 43.0 Å². The number of benzene rings is 2. The second kappa shape index (κ2) is 9.94. The Morgan fingerprint density at radius 2 is 1.69 bits per heavy atom. The summed E-state index contributed by atoms with van der Waals surface area (Å²) >= 11 is 0. The topological polar surface area (TPSA) is 85.3 Å². The number of carbonyl (C=O) groups is 2. The summed E-state index contributed by atoms with van der Waals surface area (Å²) in [6.07, 6.45) is -3.51. The highest BCUT2D eigenvalue weighted by atomic mass is 28.3. The zero-order valence-electron chi connectivity index (χ0n) is 20.1. The lowest BCUT2D eigenvalue weighted by Gasteiger charge is -2.26. The molecule has 0 saturated heterocycles. The number of rotatable bonds is 7. The van der Waals surface area contributed by atoms with Crippen LogP contribution in [0.3, 0.4) is 0 Å². The maximum atomic E-state index is 12.9. The van der Waals surface area contributed by atoms with E-state index in [0.29, 0.717) is 17.1 Å². The molecule has 2 amide bonds. The van der Waals surface area contributed by atoms with E-state index in [2.05, 4.69) is 35.4 Å². The summed E-state index contributed by atoms with van der Waals surface area (Å²) in [4.78, 5) is 24.8. The van der Waals surface area contributed by atoms with E-state index in [0.717, 1.165) is 33.3 Å². The van der Waals surface area contributed by atoms with Crippen molar-refractivity contribution in [3.8, 4) is 16.9 Å². The Morgan fingerprint density at radius 3 is 2.20 bits per heavy atom. The number of carbonyl (C=O) groups excluding carboxylic acids is 2. The van der Waals surface area contributed by atoms with Crippen molar-refractivity contribution in [2.75, 3.05) is 17.7 Å². The van der Waals surface area contributed by atoms with Gasteiger partial charge in [0.05, 0.1) is 26.6 Å². The molecule has 0 radical (unpaired) electrons. The number of amides is 2. The zero-order chi connectivity index (χ0) is 26.0. The molecule has 0 bridgehead atoms. The second-order valence-corrected chi connectivity index (χ2v) is 14.1. The first kappa shape index (κ1) is 26.0. The van der Waals surface area contributed by atoms with Crippen molar-refractivity contribution in [3.63, 3.8) is 0 Å². The van der Waals surface area contributed by atoms with Gasteiger partial charge < -0.3 is 15.4 Å². The molecule has 3 aromatic rings. The summed E-state index contributed by atoms with van der Waals surface area (Å²) in [5.41, 5.74) is 1.21. The average Bonchev–Trinajstić information content (AvgIpc) is 3.22. The number of alkyl halides is 3. The molecular formula is C24H27F3N4O3Si. The quantitative estimate of drug-likeness (QED) is 0.456. The van der Waals surface area contributed by atoms with Crippen LogP contribution in [0.25, 0.3) is 11.1 Å². The zero-order valence-corrected chi connectivity index (χ0v) is 21.1. The fourth-order valence-electron chi connectivity index (χ4n) is 3.64. The summed E-state index contributed by atoms with van der Waals surface area (Å²) in [5.74, 6) is -0.259. The molecule has 3 rings (SSSR count). The predicted molar refractivity (Wildman–Crippen MR) is 132 cm³/mol. The maximum Gasteiger partial charge on any atom is 0.435 e. The number of halogens is 3. The van der Waals surface area contributed by atoms with Crippen molar-refractivity contribution in [2.45, 2.75) is 39.3 Å². The highest BCUT2D eigenvalue weighted by Gasteiger charge is 2.33. The first-order valence-corrected chi connectivity index (χ1v) is 14.3. The van der Waals surface area contributed by atoms with Crippen molar-refractivity contribution in [3.05, 3.63) is 54.4 Å². The molecule has 0 unspecified atom stereocenters. The molecule has 7 nitrogen and oxygen atoms in total. The molecule has 0 aliphatic heterocycles. The van der Waals surface area contributed by atoms with Crippen molar-refractivity contribution in [2.24, 2.45) is 0 Å². The fourth-order valence-corrected chi connectivity index (χ4v) is 5.24. The largest absolute Gasteiger partial charge is 0.497 e. The van der Waals surface area contributed by atoms with Gasteiger partial charge >= 0.3 is 6.18 Å². The Bertz CT molecular complexity index is 1230. The molecule has 0 saturated carbocycles. The Morgan fingerprint density at radius 1 is 1.03 bits per heavy atom. The Balaban J connectivity index is 2.09. The van der Waals surface area contributed by atoms with Crippen LogP contribution in [0.1, 0.15) is 12.6 Å². The van der Waals surface area contributed by atoms with Crippen LogP contribution in [0.2, 0.25) is 19.6 Å². The van der Waals surface area contributed by atoms with Gasteiger partial charge in [0, 0.05) is 18.7 Å². The normalized spacial score (nSPS) is 11.8. The molecule has 1 heterocycles. The van der Waals surface area contributed by atoms with E-state index in [9.17, 15) is 22.8 Å². The molecular weight excluding hydrogens is 477 g/mol. The van der Waals surface area contributed by atoms with Gasteiger partial charge in [0.2, 0.25) is 11.8 Å². The van der Waals surface area contributed by atoms with Gasteiger partial charge in [0.1, 0.15) is 12.3 Å². The summed E-state index contributed by atoms with van der Waals surface area (Å²) in [7, 11) is -0.397. The van der Waals surface area contributed by atoms with Gasteiger partial charge in [0.25, 0.3) is 0 Å². The van der Waals surface area contributed by atoms with Crippen LogP contribution in [0.5, 0.6) is 5.75 Å². The highest BCUT2D eigenvalue weighted by molar-refractivity contribution is 6.89. The summed E-state index contributed by atoms with van der Waals surface area (Å²) < 4.78 is 44.8. The van der Waals surface area contributed by atoms with E-state index in [1.807, 2.05) is 18.2 Å². The minimum atomic E-state index is -4.60. The first-order valence-electron chi connectivity index (χ1n) is 10.8. The second-order valence-electron chi connectivity index (χ2n) is 9.01. The molecule has 2 N–H and O–H groups in total. The number of hydrogen-bond donors (Lipinski definition) is 2. The van der Waals surface area contributed by atoms with Crippen LogP contribution < -0.4 is 20.6 Å². The molecule has 0 aliphatic rings. The van der Waals surface area contributed by atoms with Gasteiger partial charge in [0.15, 0.2) is 5.69 Å². The molecule has 0 spiro atoms. The fraction of sp³-hybridized carbons (Fsp3) is 0.292. The average molecular weight is 505 g/mol. The third-order valence-electron chi connectivity index (χ3n) is 5.20. The minimum absolute atomic E-state index is 0.330. The molecule has 35 heavy (non-hydrogen) atoms. The lowest BCUT2D eigenvalue weighted by Crippen LogP contribution is -2.39. The number of aromatic nitrogens is 2. The number of anilines is 2. The highest BCUT2D eigenvalue weighted by Crippen LogP contribution is 2.36. The van der Waals surface area contributed by atoms with Crippen molar-refractivity contribution in [1.82, 2.24) is 9.78 Å². The van der Waals surface area contributed by atoms with Gasteiger partial charge in [-0.3, -0.25) is 14.3 Å². The van der Waals surface area contributed by atoms with Crippen LogP contribution >= 0.6 is 0 Å². The monoisotopic (exact) mass is 504 g/mol. The SMILES string of the molecule is COc1ccc(-c2c([Si](C)(C)C)ccc(NC(C)=O)c2NC(=O)Cn2ccc(C(F)(F)F)n2)cc1. The van der Waals surface area contributed by atoms with E-state index in [-0.39, 0.29) is 5.91 Å². The molecule has 0 atom stereocenters. The first-order chi connectivity index (χ1) is 16.3. The number of ether oxygens (including phenoxy) is 1. The lowest BCUT2D eigenvalue weighted by molar-refractivity contribution is -0.141. The van der Waals surface area contributed by atoms with E-state index in [1.165, 1.54) is 6.92 Å². The number of nitrogens with one attached hydrogen (secondary N) is 2. The van der Waals surface area contributed by atoms with E-state index >= 15 is 0 Å². The number of hydrogen-bond acceptors (Lipinski definition) is 4. The van der Waals surface area contributed by atoms with Crippen molar-refractivity contribution >= 4 is 36.4 Å². The van der Waals surface area contributed by atoms with Crippen LogP contribution in [-0.4, -0.2) is 36.8 Å². The molecule has 0 aliphatic carbocycles. The van der Waals surface area contributed by atoms with Crippen LogP contribution in [-0.2, 0) is 22.3 Å². The van der Waals surface area contributed by atoms with E-state index in [1.54, 1.807) is 25.3 Å². The Hall–Kier alpha value is -3.60. The lowest BCUT2D eigenvalue weighted by atomic mass is 10.0. The van der Waals surface area contributed by atoms with E-state index in [4.69, 9.17) is 4.74 Å². The maximum absolute atomic E-state index is 12.9. The number of methoxy groups -OCH3 is 1. The molecule has 2 aromatic carbocycles. The molecule has 11 heteroatoms. The summed E-state index contributed by atoms with van der Waals surface area (Å²) in [6, 6.07) is 11.8. The smallest absolute Gasteiger partial charge is 0.435 e. The standard InChI is InChI=1S/C24H27F3N4O3Si/c1-15(32)28-18-10-11-19(35(3,4)5)22(16-6-8-17(34-2)9-7-16)23(18)29-21(33)14-31-13-12-20(30-31)24(25,26)27/h6-13H,14H2,1-5H3,(H,28,32)(H,29,33). The minimum Gasteiger partial charge on any atom is -0.497 e. The van der Waals surface area contributed by atoms with Crippen molar-refractivity contribution < 1.29 is 27.5 Å². The number of nitrogens with zero attached hydrogens (tertiary/aromatic N) is 2. The van der Waals surface area contributed by atoms with Gasteiger partial charge in [-0.15, -0.1) is 0 Å². The van der Waals surface area contributed by atoms with E-state index < -0.39 is 32.4 Å². The van der Waals surface area contributed by atoms with Crippen molar-refractivity contribution in [1.29, 1.82) is 0 Å². The van der Waals surface area contributed by atoms with Gasteiger partial charge in [-0.2, -0.15) is 18.3 Å². The Kier molecular flexibility index (Phi) is 7.39. The summed E-state index contributed by atoms with van der Waals surface area (Å²) in [6.45, 7) is 7.38. The third-order valence-corrected chi connectivity index (χ3v) is 7.24. The Labute approximate surface area is 202 Å². The van der Waals surface area contributed by atoms with Crippen LogP contribution in [0.15, 0.2) is 48.7 Å². The van der Waals surface area contributed by atoms with Crippen LogP contribution in [0, 0.1) is 0 Å². The molecule has 1 aromatic heterocycles. The predicted octanol–water partition coefficient (Wildman–Crippen LogP) is 4.72. The van der Waals surface area contributed by atoms with Crippen LogP contribution in [0.4, 0.5) is 24.5 Å². The van der Waals surface area contributed by atoms with Gasteiger partial charge in [-0.25, -0.2) is 0 Å². The molecule has 0 fully saturated rings. The third kappa shape index (κ3) is 6.30. The summed E-state index contributed by atoms with van der Waals surface area (Å²) in [5, 5.41) is 10.0. The van der Waals surface area contributed by atoms with Gasteiger partial charge in [-0.05, 0) is 29.8 Å².